The average molecular weight is 264 g/mol. The van der Waals surface area contributed by atoms with Crippen LogP contribution >= 0.6 is 0 Å². The average Bonchev–Trinajstić information content (AvgIpc) is 2.88. The minimum Gasteiger partial charge on any atom is -0.456 e. The highest BCUT2D eigenvalue weighted by atomic mass is 16.8. The Morgan fingerprint density at radius 2 is 2.05 bits per heavy atom. The van der Waals surface area contributed by atoms with Gasteiger partial charge in [0.15, 0.2) is 6.29 Å². The quantitative estimate of drug-likeness (QED) is 0.772. The van der Waals surface area contributed by atoms with Gasteiger partial charge in [0.1, 0.15) is 18.3 Å². The predicted molar refractivity (Wildman–Crippen MR) is 65.7 cm³/mol. The van der Waals surface area contributed by atoms with Crippen molar-refractivity contribution in [3.63, 3.8) is 0 Å². The number of carbonyl (C=O) groups excluding carboxylic acids is 1. The van der Waals surface area contributed by atoms with Crippen molar-refractivity contribution >= 4 is 5.97 Å². The van der Waals surface area contributed by atoms with Crippen LogP contribution in [0.25, 0.3) is 0 Å². The minimum atomic E-state index is -0.339. The maximum Gasteiger partial charge on any atom is 0.338 e. The Hall–Kier alpha value is -1.43. The number of ether oxygens (including phenoxy) is 4. The molecule has 4 atom stereocenters. The van der Waals surface area contributed by atoms with Crippen molar-refractivity contribution in [2.24, 2.45) is 0 Å². The van der Waals surface area contributed by atoms with Crippen molar-refractivity contribution in [1.82, 2.24) is 0 Å². The molecule has 5 heteroatoms. The van der Waals surface area contributed by atoms with E-state index in [1.54, 1.807) is 31.4 Å². The van der Waals surface area contributed by atoms with Gasteiger partial charge in [0.05, 0.1) is 12.2 Å². The molecular formula is C14H16O5. The second kappa shape index (κ2) is 5.28. The molecule has 0 aliphatic carbocycles. The molecule has 0 unspecified atom stereocenters. The Labute approximate surface area is 111 Å². The maximum atomic E-state index is 12.0. The number of rotatable bonds is 3. The van der Waals surface area contributed by atoms with Crippen LogP contribution in [0, 0.1) is 0 Å². The topological polar surface area (TPSA) is 54.0 Å². The molecule has 2 aliphatic heterocycles. The Kier molecular flexibility index (Phi) is 3.50. The van der Waals surface area contributed by atoms with Gasteiger partial charge in [-0.1, -0.05) is 18.2 Å². The second-order valence-corrected chi connectivity index (χ2v) is 4.70. The lowest BCUT2D eigenvalue weighted by atomic mass is 10.0. The van der Waals surface area contributed by atoms with E-state index in [0.717, 1.165) is 0 Å². The number of esters is 1. The van der Waals surface area contributed by atoms with Crippen LogP contribution in [0.5, 0.6) is 0 Å². The molecule has 0 N–H and O–H groups in total. The maximum absolute atomic E-state index is 12.0. The van der Waals surface area contributed by atoms with Gasteiger partial charge in [0.25, 0.3) is 0 Å². The van der Waals surface area contributed by atoms with E-state index < -0.39 is 0 Å². The first kappa shape index (κ1) is 12.6. The van der Waals surface area contributed by atoms with E-state index in [4.69, 9.17) is 18.9 Å². The number of hydrogen-bond acceptors (Lipinski definition) is 5. The number of methoxy groups -OCH3 is 1. The van der Waals surface area contributed by atoms with E-state index >= 15 is 0 Å². The Morgan fingerprint density at radius 1 is 1.26 bits per heavy atom. The zero-order valence-electron chi connectivity index (χ0n) is 10.7. The lowest BCUT2D eigenvalue weighted by molar-refractivity contribution is -0.190. The third kappa shape index (κ3) is 2.49. The molecule has 0 radical (unpaired) electrons. The van der Waals surface area contributed by atoms with Crippen molar-refractivity contribution in [2.45, 2.75) is 31.0 Å². The molecule has 0 spiro atoms. The molecule has 0 aromatic heterocycles. The van der Waals surface area contributed by atoms with E-state index in [1.165, 1.54) is 0 Å². The summed E-state index contributed by atoms with van der Waals surface area (Å²) in [5, 5.41) is 0. The van der Waals surface area contributed by atoms with E-state index in [0.29, 0.717) is 18.6 Å². The zero-order valence-corrected chi connectivity index (χ0v) is 10.7. The van der Waals surface area contributed by atoms with E-state index in [1.807, 2.05) is 6.07 Å². The van der Waals surface area contributed by atoms with Gasteiger partial charge in [-0.2, -0.15) is 0 Å². The smallest absolute Gasteiger partial charge is 0.338 e. The summed E-state index contributed by atoms with van der Waals surface area (Å²) >= 11 is 0. The third-order valence-corrected chi connectivity index (χ3v) is 3.49. The molecule has 102 valence electrons. The third-order valence-electron chi connectivity index (χ3n) is 3.49. The molecule has 2 saturated heterocycles. The summed E-state index contributed by atoms with van der Waals surface area (Å²) in [6, 6.07) is 8.93. The summed E-state index contributed by atoms with van der Waals surface area (Å²) in [7, 11) is 1.60. The molecule has 5 nitrogen and oxygen atoms in total. The zero-order chi connectivity index (χ0) is 13.2. The Morgan fingerprint density at radius 3 is 2.79 bits per heavy atom. The number of hydrogen-bond donors (Lipinski definition) is 0. The highest BCUT2D eigenvalue weighted by Gasteiger charge is 2.46. The molecular weight excluding hydrogens is 248 g/mol. The minimum absolute atomic E-state index is 0.188. The van der Waals surface area contributed by atoms with Crippen molar-refractivity contribution in [3.05, 3.63) is 35.9 Å². The van der Waals surface area contributed by atoms with Gasteiger partial charge in [0.2, 0.25) is 0 Å². The molecule has 2 fully saturated rings. The summed E-state index contributed by atoms with van der Waals surface area (Å²) in [5.74, 6) is -0.339. The normalized spacial score (nSPS) is 33.1. The molecule has 1 aromatic carbocycles. The van der Waals surface area contributed by atoms with Gasteiger partial charge in [-0.25, -0.2) is 4.79 Å². The molecule has 2 heterocycles. The highest BCUT2D eigenvalue weighted by molar-refractivity contribution is 5.89. The molecule has 19 heavy (non-hydrogen) atoms. The SMILES string of the molecule is CO[C@@H]1C[C@H](OC(=O)c2ccccc2)[C@H]2CO[C@@H]1O2. The monoisotopic (exact) mass is 264 g/mol. The van der Waals surface area contributed by atoms with Gasteiger partial charge in [-0.3, -0.25) is 0 Å². The van der Waals surface area contributed by atoms with Gasteiger partial charge in [-0.15, -0.1) is 0 Å². The molecule has 0 saturated carbocycles. The van der Waals surface area contributed by atoms with Crippen molar-refractivity contribution < 1.29 is 23.7 Å². The van der Waals surface area contributed by atoms with Crippen molar-refractivity contribution in [1.29, 1.82) is 0 Å². The summed E-state index contributed by atoms with van der Waals surface area (Å²) in [4.78, 5) is 12.0. The Balaban J connectivity index is 1.68. The predicted octanol–water partition coefficient (Wildman–Crippen LogP) is 1.37. The first-order valence-corrected chi connectivity index (χ1v) is 6.34. The fraction of sp³-hybridized carbons (Fsp3) is 0.500. The molecule has 2 aliphatic rings. The van der Waals surface area contributed by atoms with Crippen LogP contribution in [-0.2, 0) is 18.9 Å². The van der Waals surface area contributed by atoms with Gasteiger partial charge in [0, 0.05) is 13.5 Å². The van der Waals surface area contributed by atoms with Crippen molar-refractivity contribution in [2.75, 3.05) is 13.7 Å². The largest absolute Gasteiger partial charge is 0.456 e. The van der Waals surface area contributed by atoms with E-state index in [-0.39, 0.29) is 30.6 Å². The summed E-state index contributed by atoms with van der Waals surface area (Å²) < 4.78 is 21.9. The standard InChI is InChI=1S/C14H16O5/c1-16-11-7-10(12-8-17-14(11)19-12)18-13(15)9-5-3-2-4-6-9/h2-6,10-12,14H,7-8H2,1H3/t10-,11+,12+,14+/m0/s1. The van der Waals surface area contributed by atoms with Gasteiger partial charge < -0.3 is 18.9 Å². The van der Waals surface area contributed by atoms with Crippen LogP contribution in [0.4, 0.5) is 0 Å². The fourth-order valence-electron chi connectivity index (χ4n) is 2.43. The molecule has 2 bridgehead atoms. The van der Waals surface area contributed by atoms with Crippen molar-refractivity contribution in [3.8, 4) is 0 Å². The summed E-state index contributed by atoms with van der Waals surface area (Å²) in [6.07, 6.45) is -0.431. The molecule has 3 rings (SSSR count). The van der Waals surface area contributed by atoms with Crippen LogP contribution in [0.2, 0.25) is 0 Å². The first-order chi connectivity index (χ1) is 9.28. The van der Waals surface area contributed by atoms with Gasteiger partial charge >= 0.3 is 5.97 Å². The summed E-state index contributed by atoms with van der Waals surface area (Å²) in [5.41, 5.74) is 0.539. The fourth-order valence-corrected chi connectivity index (χ4v) is 2.43. The number of benzene rings is 1. The van der Waals surface area contributed by atoms with Gasteiger partial charge in [-0.05, 0) is 12.1 Å². The van der Waals surface area contributed by atoms with E-state index in [2.05, 4.69) is 0 Å². The first-order valence-electron chi connectivity index (χ1n) is 6.34. The van der Waals surface area contributed by atoms with Crippen LogP contribution in [0.15, 0.2) is 30.3 Å². The van der Waals surface area contributed by atoms with Crippen LogP contribution in [0.1, 0.15) is 16.8 Å². The second-order valence-electron chi connectivity index (χ2n) is 4.70. The molecule has 1 aromatic rings. The van der Waals surface area contributed by atoms with Crippen LogP contribution in [-0.4, -0.2) is 44.3 Å². The number of fused-ring (bicyclic) bond motifs is 2. The highest BCUT2D eigenvalue weighted by Crippen LogP contribution is 2.31. The van der Waals surface area contributed by atoms with E-state index in [9.17, 15) is 4.79 Å². The lowest BCUT2D eigenvalue weighted by Crippen LogP contribution is -2.44. The van der Waals surface area contributed by atoms with Crippen LogP contribution in [0.3, 0.4) is 0 Å². The lowest BCUT2D eigenvalue weighted by Gasteiger charge is -2.32. The number of carbonyl (C=O) groups is 1. The summed E-state index contributed by atoms with van der Waals surface area (Å²) in [6.45, 7) is 0.442. The molecule has 0 amide bonds. The van der Waals surface area contributed by atoms with Crippen LogP contribution < -0.4 is 0 Å². The Bertz CT molecular complexity index is 446.